The molecular weight excluding hydrogens is 222 g/mol. The highest BCUT2D eigenvalue weighted by molar-refractivity contribution is 5.45. The van der Waals surface area contributed by atoms with Gasteiger partial charge in [-0.2, -0.15) is 0 Å². The lowest BCUT2D eigenvalue weighted by Gasteiger charge is -2.04. The fourth-order valence-corrected chi connectivity index (χ4v) is 1.43. The molecular formula is C11H11N3O3. The van der Waals surface area contributed by atoms with Crippen LogP contribution in [0.2, 0.25) is 0 Å². The Morgan fingerprint density at radius 1 is 1.47 bits per heavy atom. The van der Waals surface area contributed by atoms with Crippen LogP contribution in [0.5, 0.6) is 0 Å². The van der Waals surface area contributed by atoms with Crippen LogP contribution in [0, 0.1) is 17.0 Å². The number of nitrogens with one attached hydrogen (secondary N) is 1. The van der Waals surface area contributed by atoms with E-state index in [9.17, 15) is 10.1 Å². The summed E-state index contributed by atoms with van der Waals surface area (Å²) in [5.74, 6) is 0.606. The lowest BCUT2D eigenvalue weighted by atomic mass is 10.3. The van der Waals surface area contributed by atoms with Crippen molar-refractivity contribution in [2.24, 2.45) is 0 Å². The van der Waals surface area contributed by atoms with E-state index in [4.69, 9.17) is 4.42 Å². The number of pyridine rings is 1. The van der Waals surface area contributed by atoms with Crippen molar-refractivity contribution >= 4 is 11.5 Å². The Labute approximate surface area is 97.4 Å². The zero-order chi connectivity index (χ0) is 12.3. The molecule has 0 unspecified atom stereocenters. The van der Waals surface area contributed by atoms with Gasteiger partial charge in [0.2, 0.25) is 0 Å². The van der Waals surface area contributed by atoms with Crippen LogP contribution in [0.1, 0.15) is 11.3 Å². The number of aromatic nitrogens is 1. The smallest absolute Gasteiger partial charge is 0.290 e. The Kier molecular flexibility index (Phi) is 3.04. The van der Waals surface area contributed by atoms with Crippen LogP contribution in [-0.2, 0) is 6.54 Å². The van der Waals surface area contributed by atoms with Crippen molar-refractivity contribution in [2.75, 3.05) is 5.32 Å². The van der Waals surface area contributed by atoms with Gasteiger partial charge < -0.3 is 9.73 Å². The third-order valence-corrected chi connectivity index (χ3v) is 2.31. The van der Waals surface area contributed by atoms with Gasteiger partial charge in [-0.25, -0.2) is 4.98 Å². The second kappa shape index (κ2) is 4.65. The Balaban J connectivity index is 2.07. The maximum absolute atomic E-state index is 10.6. The summed E-state index contributed by atoms with van der Waals surface area (Å²) in [5, 5.41) is 13.7. The summed E-state index contributed by atoms with van der Waals surface area (Å²) < 4.78 is 4.93. The summed E-state index contributed by atoms with van der Waals surface area (Å²) in [7, 11) is 0. The van der Waals surface area contributed by atoms with Crippen molar-refractivity contribution in [3.63, 3.8) is 0 Å². The van der Waals surface area contributed by atoms with Gasteiger partial charge in [0.1, 0.15) is 11.5 Å². The fourth-order valence-electron chi connectivity index (χ4n) is 1.43. The molecule has 6 nitrogen and oxygen atoms in total. The molecule has 2 heterocycles. The molecule has 6 heteroatoms. The van der Waals surface area contributed by atoms with Crippen molar-refractivity contribution in [1.29, 1.82) is 0 Å². The molecule has 0 aliphatic carbocycles. The number of rotatable bonds is 4. The average Bonchev–Trinajstić information content (AvgIpc) is 2.78. The van der Waals surface area contributed by atoms with Crippen LogP contribution < -0.4 is 5.32 Å². The fraction of sp³-hybridized carbons (Fsp3) is 0.182. The van der Waals surface area contributed by atoms with Gasteiger partial charge in [-0.05, 0) is 19.1 Å². The third-order valence-electron chi connectivity index (χ3n) is 2.31. The predicted molar refractivity (Wildman–Crippen MR) is 61.7 cm³/mol. The summed E-state index contributed by atoms with van der Waals surface area (Å²) in [4.78, 5) is 14.3. The van der Waals surface area contributed by atoms with Crippen LogP contribution in [0.25, 0.3) is 0 Å². The molecule has 2 aromatic rings. The van der Waals surface area contributed by atoms with Crippen LogP contribution in [-0.4, -0.2) is 9.91 Å². The lowest BCUT2D eigenvalue weighted by molar-refractivity contribution is -0.385. The Morgan fingerprint density at radius 2 is 2.29 bits per heavy atom. The van der Waals surface area contributed by atoms with Crippen LogP contribution in [0.15, 0.2) is 35.1 Å². The molecule has 0 saturated carbocycles. The van der Waals surface area contributed by atoms with E-state index in [0.29, 0.717) is 18.1 Å². The van der Waals surface area contributed by atoms with E-state index in [1.54, 1.807) is 25.5 Å². The van der Waals surface area contributed by atoms with Gasteiger partial charge in [0.15, 0.2) is 0 Å². The Bertz CT molecular complexity index is 523. The maximum Gasteiger partial charge on any atom is 0.290 e. The standard InChI is InChI=1S/C11H11N3O3/c1-8-10(14(15)16)2-3-11(13-8)12-6-9-4-5-17-7-9/h2-5,7H,6H2,1H3,(H,12,13). The summed E-state index contributed by atoms with van der Waals surface area (Å²) in [5.41, 5.74) is 1.41. The van der Waals surface area contributed by atoms with Crippen LogP contribution in [0.3, 0.4) is 0 Å². The van der Waals surface area contributed by atoms with Gasteiger partial charge in [-0.3, -0.25) is 10.1 Å². The minimum Gasteiger partial charge on any atom is -0.472 e. The molecule has 0 aromatic carbocycles. The number of hydrogen-bond donors (Lipinski definition) is 1. The van der Waals surface area contributed by atoms with Crippen molar-refractivity contribution in [3.8, 4) is 0 Å². The normalized spacial score (nSPS) is 10.2. The molecule has 17 heavy (non-hydrogen) atoms. The third kappa shape index (κ3) is 2.60. The van der Waals surface area contributed by atoms with Crippen LogP contribution in [0.4, 0.5) is 11.5 Å². The molecule has 0 aliphatic heterocycles. The number of nitrogens with zero attached hydrogens (tertiary/aromatic N) is 2. The Hall–Kier alpha value is -2.37. The molecule has 88 valence electrons. The van der Waals surface area contributed by atoms with E-state index < -0.39 is 4.92 Å². The summed E-state index contributed by atoms with van der Waals surface area (Å²) in [6.45, 7) is 2.18. The first kappa shape index (κ1) is 11.1. The van der Waals surface area contributed by atoms with Gasteiger partial charge in [0.05, 0.1) is 17.4 Å². The summed E-state index contributed by atoms with van der Waals surface area (Å²) >= 11 is 0. The zero-order valence-electron chi connectivity index (χ0n) is 9.21. The van der Waals surface area contributed by atoms with E-state index in [2.05, 4.69) is 10.3 Å². The highest BCUT2D eigenvalue weighted by Gasteiger charge is 2.11. The number of hydrogen-bond acceptors (Lipinski definition) is 5. The number of anilines is 1. The molecule has 2 rings (SSSR count). The van der Waals surface area contributed by atoms with Gasteiger partial charge in [0.25, 0.3) is 5.69 Å². The monoisotopic (exact) mass is 233 g/mol. The summed E-state index contributed by atoms with van der Waals surface area (Å²) in [6.07, 6.45) is 3.22. The molecule has 0 radical (unpaired) electrons. The van der Waals surface area contributed by atoms with Gasteiger partial charge >= 0.3 is 0 Å². The van der Waals surface area contributed by atoms with Crippen LogP contribution >= 0.6 is 0 Å². The summed E-state index contributed by atoms with van der Waals surface area (Å²) in [6, 6.07) is 4.87. The van der Waals surface area contributed by atoms with E-state index in [0.717, 1.165) is 5.56 Å². The first-order valence-corrected chi connectivity index (χ1v) is 5.04. The average molecular weight is 233 g/mol. The lowest BCUT2D eigenvalue weighted by Crippen LogP contribution is -2.02. The molecule has 0 atom stereocenters. The molecule has 2 aromatic heterocycles. The largest absolute Gasteiger partial charge is 0.472 e. The SMILES string of the molecule is Cc1nc(NCc2ccoc2)ccc1[N+](=O)[O-]. The second-order valence-corrected chi connectivity index (χ2v) is 3.54. The molecule has 1 N–H and O–H groups in total. The van der Waals surface area contributed by atoms with Gasteiger partial charge in [-0.15, -0.1) is 0 Å². The molecule has 0 bridgehead atoms. The van der Waals surface area contributed by atoms with E-state index >= 15 is 0 Å². The first-order valence-electron chi connectivity index (χ1n) is 5.04. The minimum absolute atomic E-state index is 0.0267. The number of aryl methyl sites for hydroxylation is 1. The van der Waals surface area contributed by atoms with Gasteiger partial charge in [0, 0.05) is 18.2 Å². The van der Waals surface area contributed by atoms with Crippen molar-refractivity contribution in [2.45, 2.75) is 13.5 Å². The topological polar surface area (TPSA) is 81.2 Å². The van der Waals surface area contributed by atoms with Crippen molar-refractivity contribution < 1.29 is 9.34 Å². The zero-order valence-corrected chi connectivity index (χ0v) is 9.21. The van der Waals surface area contributed by atoms with Crippen molar-refractivity contribution in [3.05, 3.63) is 52.1 Å². The minimum atomic E-state index is -0.442. The number of furan rings is 1. The highest BCUT2D eigenvalue weighted by atomic mass is 16.6. The van der Waals surface area contributed by atoms with E-state index in [1.165, 1.54) is 6.07 Å². The quantitative estimate of drug-likeness (QED) is 0.648. The molecule has 0 fully saturated rings. The molecule has 0 amide bonds. The van der Waals surface area contributed by atoms with E-state index in [1.807, 2.05) is 6.07 Å². The second-order valence-electron chi connectivity index (χ2n) is 3.54. The molecule has 0 saturated heterocycles. The highest BCUT2D eigenvalue weighted by Crippen LogP contribution is 2.18. The maximum atomic E-state index is 10.6. The molecule has 0 aliphatic rings. The van der Waals surface area contributed by atoms with Gasteiger partial charge in [-0.1, -0.05) is 0 Å². The molecule has 0 spiro atoms. The predicted octanol–water partition coefficient (Wildman–Crippen LogP) is 2.50. The first-order chi connectivity index (χ1) is 8.16. The number of nitro groups is 1. The van der Waals surface area contributed by atoms with Crippen molar-refractivity contribution in [1.82, 2.24) is 4.98 Å². The Morgan fingerprint density at radius 3 is 2.88 bits per heavy atom. The van der Waals surface area contributed by atoms with E-state index in [-0.39, 0.29) is 5.69 Å².